The second-order valence-corrected chi connectivity index (χ2v) is 4.24. The van der Waals surface area contributed by atoms with Gasteiger partial charge in [-0.3, -0.25) is 4.90 Å². The molecule has 1 saturated carbocycles. The zero-order valence-electron chi connectivity index (χ0n) is 8.48. The lowest BCUT2D eigenvalue weighted by molar-refractivity contribution is 0.124. The normalized spacial score (nSPS) is 25.6. The van der Waals surface area contributed by atoms with E-state index in [1.165, 1.54) is 19.3 Å². The first kappa shape index (κ1) is 9.77. The van der Waals surface area contributed by atoms with E-state index in [1.54, 1.807) is 4.90 Å². The smallest absolute Gasteiger partial charge is 0.407 e. The van der Waals surface area contributed by atoms with E-state index in [2.05, 4.69) is 4.90 Å². The average Bonchev–Trinajstić information content (AvgIpc) is 2.26. The quantitative estimate of drug-likeness (QED) is 0.689. The molecule has 1 N–H and O–H groups in total. The molecule has 0 spiro atoms. The standard InChI is InChI=1S/C10H18N2O2/c13-10(14)12-6-2-5-11(7-8-12)9-3-1-4-9/h9H,1-8H2,(H,13,14). The molecule has 0 bridgehead atoms. The molecule has 1 aliphatic heterocycles. The van der Waals surface area contributed by atoms with Crippen molar-refractivity contribution in [3.05, 3.63) is 0 Å². The molecule has 4 heteroatoms. The molecule has 1 aliphatic carbocycles. The fourth-order valence-corrected chi connectivity index (χ4v) is 2.25. The Hall–Kier alpha value is -0.770. The number of hydrogen-bond donors (Lipinski definition) is 1. The first-order valence-electron chi connectivity index (χ1n) is 5.49. The van der Waals surface area contributed by atoms with Crippen molar-refractivity contribution in [2.75, 3.05) is 26.2 Å². The number of rotatable bonds is 1. The number of nitrogens with zero attached hydrogens (tertiary/aromatic N) is 2. The van der Waals surface area contributed by atoms with Crippen molar-refractivity contribution in [3.63, 3.8) is 0 Å². The molecule has 0 radical (unpaired) electrons. The second kappa shape index (κ2) is 4.17. The molecule has 2 fully saturated rings. The van der Waals surface area contributed by atoms with Crippen LogP contribution in [0.2, 0.25) is 0 Å². The number of hydrogen-bond acceptors (Lipinski definition) is 2. The highest BCUT2D eigenvalue weighted by Crippen LogP contribution is 2.25. The molecule has 0 aromatic carbocycles. The van der Waals surface area contributed by atoms with Gasteiger partial charge in [0.1, 0.15) is 0 Å². The highest BCUT2D eigenvalue weighted by molar-refractivity contribution is 5.64. The summed E-state index contributed by atoms with van der Waals surface area (Å²) in [4.78, 5) is 14.8. The molecule has 1 amide bonds. The summed E-state index contributed by atoms with van der Waals surface area (Å²) in [6.45, 7) is 3.40. The highest BCUT2D eigenvalue weighted by Gasteiger charge is 2.27. The summed E-state index contributed by atoms with van der Waals surface area (Å²) in [5.74, 6) is 0. The van der Waals surface area contributed by atoms with Gasteiger partial charge < -0.3 is 10.0 Å². The minimum absolute atomic E-state index is 0.686. The molecular weight excluding hydrogens is 180 g/mol. The zero-order valence-corrected chi connectivity index (χ0v) is 8.48. The van der Waals surface area contributed by atoms with Gasteiger partial charge in [0.2, 0.25) is 0 Å². The maximum absolute atomic E-state index is 10.8. The van der Waals surface area contributed by atoms with Gasteiger partial charge in [0, 0.05) is 32.2 Å². The number of carbonyl (C=O) groups is 1. The Kier molecular flexibility index (Phi) is 2.91. The van der Waals surface area contributed by atoms with Crippen LogP contribution in [0.25, 0.3) is 0 Å². The third-order valence-corrected chi connectivity index (χ3v) is 3.39. The maximum Gasteiger partial charge on any atom is 0.407 e. The van der Waals surface area contributed by atoms with Crippen molar-refractivity contribution in [1.29, 1.82) is 0 Å². The SMILES string of the molecule is O=C(O)N1CCCN(C2CCC2)CC1. The molecule has 4 nitrogen and oxygen atoms in total. The molecule has 0 aromatic heterocycles. The molecule has 1 saturated heterocycles. The van der Waals surface area contributed by atoms with Crippen LogP contribution in [0, 0.1) is 0 Å². The largest absolute Gasteiger partial charge is 0.465 e. The lowest BCUT2D eigenvalue weighted by atomic mass is 9.91. The fraction of sp³-hybridized carbons (Fsp3) is 0.900. The molecule has 80 valence electrons. The van der Waals surface area contributed by atoms with Gasteiger partial charge >= 0.3 is 6.09 Å². The Labute approximate surface area is 84.5 Å². The van der Waals surface area contributed by atoms with Crippen LogP contribution in [0.4, 0.5) is 4.79 Å². The summed E-state index contributed by atoms with van der Waals surface area (Å²) < 4.78 is 0. The van der Waals surface area contributed by atoms with Crippen LogP contribution < -0.4 is 0 Å². The van der Waals surface area contributed by atoms with Gasteiger partial charge in [0.05, 0.1) is 0 Å². The Bertz CT molecular complexity index is 216. The summed E-state index contributed by atoms with van der Waals surface area (Å²) in [5, 5.41) is 8.87. The third-order valence-electron chi connectivity index (χ3n) is 3.39. The Morgan fingerprint density at radius 2 is 1.86 bits per heavy atom. The van der Waals surface area contributed by atoms with E-state index >= 15 is 0 Å². The first-order chi connectivity index (χ1) is 6.77. The molecular formula is C10H18N2O2. The third kappa shape index (κ3) is 2.00. The van der Waals surface area contributed by atoms with Crippen LogP contribution in [0.1, 0.15) is 25.7 Å². The topological polar surface area (TPSA) is 43.8 Å². The lowest BCUT2D eigenvalue weighted by Gasteiger charge is -2.36. The molecule has 1 heterocycles. The Morgan fingerprint density at radius 1 is 1.07 bits per heavy atom. The Balaban J connectivity index is 1.84. The molecule has 0 aromatic rings. The zero-order chi connectivity index (χ0) is 9.97. The lowest BCUT2D eigenvalue weighted by Crippen LogP contribution is -2.42. The van der Waals surface area contributed by atoms with Crippen molar-refractivity contribution in [2.45, 2.75) is 31.7 Å². The van der Waals surface area contributed by atoms with Crippen LogP contribution in [-0.2, 0) is 0 Å². The summed E-state index contributed by atoms with van der Waals surface area (Å²) >= 11 is 0. The van der Waals surface area contributed by atoms with Gasteiger partial charge in [-0.25, -0.2) is 4.79 Å². The molecule has 2 rings (SSSR count). The summed E-state index contributed by atoms with van der Waals surface area (Å²) in [6, 6.07) is 0.753. The molecule has 2 aliphatic rings. The van der Waals surface area contributed by atoms with E-state index in [0.717, 1.165) is 25.6 Å². The van der Waals surface area contributed by atoms with Crippen LogP contribution in [0.15, 0.2) is 0 Å². The summed E-state index contributed by atoms with van der Waals surface area (Å²) in [7, 11) is 0. The fourth-order valence-electron chi connectivity index (χ4n) is 2.25. The van der Waals surface area contributed by atoms with Gasteiger partial charge in [-0.05, 0) is 19.3 Å². The van der Waals surface area contributed by atoms with Gasteiger partial charge in [0.15, 0.2) is 0 Å². The van der Waals surface area contributed by atoms with E-state index in [9.17, 15) is 4.79 Å². The first-order valence-corrected chi connectivity index (χ1v) is 5.49. The van der Waals surface area contributed by atoms with Crippen molar-refractivity contribution in [1.82, 2.24) is 9.80 Å². The van der Waals surface area contributed by atoms with Crippen molar-refractivity contribution < 1.29 is 9.90 Å². The van der Waals surface area contributed by atoms with Crippen LogP contribution in [0.3, 0.4) is 0 Å². The molecule has 14 heavy (non-hydrogen) atoms. The summed E-state index contributed by atoms with van der Waals surface area (Å²) in [5.41, 5.74) is 0. The number of carboxylic acid groups (broad SMARTS) is 1. The second-order valence-electron chi connectivity index (χ2n) is 4.24. The van der Waals surface area contributed by atoms with E-state index in [4.69, 9.17) is 5.11 Å². The minimum Gasteiger partial charge on any atom is -0.465 e. The van der Waals surface area contributed by atoms with E-state index < -0.39 is 6.09 Å². The van der Waals surface area contributed by atoms with Crippen molar-refractivity contribution in [2.24, 2.45) is 0 Å². The minimum atomic E-state index is -0.763. The summed E-state index contributed by atoms with van der Waals surface area (Å²) in [6.07, 6.45) is 4.20. The Morgan fingerprint density at radius 3 is 2.43 bits per heavy atom. The molecule has 0 atom stereocenters. The van der Waals surface area contributed by atoms with E-state index in [0.29, 0.717) is 13.1 Å². The highest BCUT2D eigenvalue weighted by atomic mass is 16.4. The van der Waals surface area contributed by atoms with Gasteiger partial charge in [-0.1, -0.05) is 6.42 Å². The van der Waals surface area contributed by atoms with Gasteiger partial charge in [-0.2, -0.15) is 0 Å². The van der Waals surface area contributed by atoms with Crippen LogP contribution in [0.5, 0.6) is 0 Å². The number of amides is 1. The van der Waals surface area contributed by atoms with E-state index in [1.807, 2.05) is 0 Å². The monoisotopic (exact) mass is 198 g/mol. The predicted octanol–water partition coefficient (Wildman–Crippen LogP) is 1.22. The van der Waals surface area contributed by atoms with E-state index in [-0.39, 0.29) is 0 Å². The molecule has 0 unspecified atom stereocenters. The van der Waals surface area contributed by atoms with Crippen molar-refractivity contribution in [3.8, 4) is 0 Å². The average molecular weight is 198 g/mol. The van der Waals surface area contributed by atoms with Crippen LogP contribution in [-0.4, -0.2) is 53.2 Å². The van der Waals surface area contributed by atoms with Gasteiger partial charge in [-0.15, -0.1) is 0 Å². The van der Waals surface area contributed by atoms with Crippen molar-refractivity contribution >= 4 is 6.09 Å². The van der Waals surface area contributed by atoms with Crippen LogP contribution >= 0.6 is 0 Å². The predicted molar refractivity (Wildman–Crippen MR) is 53.4 cm³/mol. The maximum atomic E-state index is 10.8. The van der Waals surface area contributed by atoms with Gasteiger partial charge in [0.25, 0.3) is 0 Å².